The van der Waals surface area contributed by atoms with Gasteiger partial charge in [-0.2, -0.15) is 0 Å². The summed E-state index contributed by atoms with van der Waals surface area (Å²) < 4.78 is 0.644. The Labute approximate surface area is 134 Å². The maximum Gasteiger partial charge on any atom is 0.294 e. The van der Waals surface area contributed by atoms with E-state index in [1.807, 2.05) is 30.3 Å². The molecule has 0 bridgehead atoms. The summed E-state index contributed by atoms with van der Waals surface area (Å²) in [7, 11) is 0. The Balaban J connectivity index is 2.30. The zero-order valence-electron chi connectivity index (χ0n) is 13.2. The molecule has 118 valence electrons. The molecule has 0 spiro atoms. The number of rotatable bonds is 4. The SMILES string of the molecule is CCN(CC)c1ccccc1-c1nc2ccccc2c(=O)n1O. The third-order valence-corrected chi connectivity index (χ3v) is 4.00. The summed E-state index contributed by atoms with van der Waals surface area (Å²) in [5.41, 5.74) is 1.80. The summed E-state index contributed by atoms with van der Waals surface area (Å²) in [5, 5.41) is 10.7. The van der Waals surface area contributed by atoms with Crippen LogP contribution >= 0.6 is 0 Å². The second-order valence-corrected chi connectivity index (χ2v) is 5.26. The summed E-state index contributed by atoms with van der Waals surface area (Å²) >= 11 is 0. The second kappa shape index (κ2) is 6.12. The molecule has 3 rings (SSSR count). The highest BCUT2D eigenvalue weighted by molar-refractivity contribution is 5.82. The normalized spacial score (nSPS) is 10.9. The van der Waals surface area contributed by atoms with E-state index in [1.165, 1.54) is 0 Å². The standard InChI is InChI=1S/C18H19N3O2/c1-3-20(4-2)16-12-8-6-10-14(16)17-19-15-11-7-5-9-13(15)18(22)21(17)23/h5-12,23H,3-4H2,1-2H3. The lowest BCUT2D eigenvalue weighted by molar-refractivity contribution is 0.178. The van der Waals surface area contributed by atoms with Crippen LogP contribution in [0.3, 0.4) is 0 Å². The van der Waals surface area contributed by atoms with Crippen molar-refractivity contribution in [2.45, 2.75) is 13.8 Å². The van der Waals surface area contributed by atoms with Gasteiger partial charge in [-0.15, -0.1) is 4.73 Å². The molecule has 23 heavy (non-hydrogen) atoms. The van der Waals surface area contributed by atoms with E-state index in [4.69, 9.17) is 0 Å². The molecule has 1 aromatic heterocycles. The van der Waals surface area contributed by atoms with Gasteiger partial charge in [-0.1, -0.05) is 24.3 Å². The molecule has 0 atom stereocenters. The number of hydrogen-bond acceptors (Lipinski definition) is 4. The fourth-order valence-corrected chi connectivity index (χ4v) is 2.80. The third kappa shape index (κ3) is 2.54. The summed E-state index contributed by atoms with van der Waals surface area (Å²) in [6, 6.07) is 14.7. The minimum atomic E-state index is -0.458. The summed E-state index contributed by atoms with van der Waals surface area (Å²) in [4.78, 5) is 19.1. The Bertz CT molecular complexity index is 898. The Morgan fingerprint density at radius 2 is 1.70 bits per heavy atom. The number of aromatic nitrogens is 2. The zero-order chi connectivity index (χ0) is 16.4. The molecular weight excluding hydrogens is 290 g/mol. The molecule has 0 aliphatic heterocycles. The van der Waals surface area contributed by atoms with Crippen molar-refractivity contribution in [3.63, 3.8) is 0 Å². The van der Waals surface area contributed by atoms with E-state index in [1.54, 1.807) is 18.2 Å². The van der Waals surface area contributed by atoms with Gasteiger partial charge in [0.25, 0.3) is 5.56 Å². The average molecular weight is 309 g/mol. The van der Waals surface area contributed by atoms with Crippen LogP contribution in [-0.2, 0) is 0 Å². The highest BCUT2D eigenvalue weighted by Crippen LogP contribution is 2.29. The van der Waals surface area contributed by atoms with Crippen LogP contribution in [0.15, 0.2) is 53.3 Å². The van der Waals surface area contributed by atoms with Gasteiger partial charge in [0.05, 0.1) is 10.9 Å². The van der Waals surface area contributed by atoms with Crippen LogP contribution in [0.4, 0.5) is 5.69 Å². The van der Waals surface area contributed by atoms with Crippen molar-refractivity contribution >= 4 is 16.6 Å². The van der Waals surface area contributed by atoms with Gasteiger partial charge in [0, 0.05) is 24.3 Å². The summed E-state index contributed by atoms with van der Waals surface area (Å²) in [6.07, 6.45) is 0. The average Bonchev–Trinajstić information content (AvgIpc) is 2.60. The van der Waals surface area contributed by atoms with Gasteiger partial charge in [-0.05, 0) is 38.1 Å². The van der Waals surface area contributed by atoms with Crippen LogP contribution in [0.5, 0.6) is 0 Å². The smallest absolute Gasteiger partial charge is 0.294 e. The summed E-state index contributed by atoms with van der Waals surface area (Å²) in [5.74, 6) is 0.260. The van der Waals surface area contributed by atoms with Crippen molar-refractivity contribution in [3.8, 4) is 11.4 Å². The Hall–Kier alpha value is -2.82. The quantitative estimate of drug-likeness (QED) is 0.752. The molecule has 0 fully saturated rings. The minimum Gasteiger partial charge on any atom is -0.423 e. The van der Waals surface area contributed by atoms with Gasteiger partial charge in [0.15, 0.2) is 5.82 Å². The molecule has 0 saturated carbocycles. The predicted molar refractivity (Wildman–Crippen MR) is 92.2 cm³/mol. The second-order valence-electron chi connectivity index (χ2n) is 5.26. The molecule has 0 unspecified atom stereocenters. The van der Waals surface area contributed by atoms with Crippen molar-refractivity contribution < 1.29 is 5.21 Å². The van der Waals surface area contributed by atoms with Crippen LogP contribution in [0.1, 0.15) is 13.8 Å². The van der Waals surface area contributed by atoms with E-state index >= 15 is 0 Å². The van der Waals surface area contributed by atoms with Crippen LogP contribution in [-0.4, -0.2) is 28.0 Å². The van der Waals surface area contributed by atoms with Gasteiger partial charge >= 0.3 is 0 Å². The molecule has 1 N–H and O–H groups in total. The Kier molecular flexibility index (Phi) is 4.02. The molecule has 5 heteroatoms. The number of hydrogen-bond donors (Lipinski definition) is 1. The molecule has 1 heterocycles. The van der Waals surface area contributed by atoms with Crippen molar-refractivity contribution in [1.29, 1.82) is 0 Å². The van der Waals surface area contributed by atoms with E-state index < -0.39 is 5.56 Å². The predicted octanol–water partition coefficient (Wildman–Crippen LogP) is 3.15. The maximum absolute atomic E-state index is 12.4. The first-order valence-corrected chi connectivity index (χ1v) is 7.72. The van der Waals surface area contributed by atoms with Gasteiger partial charge in [0.2, 0.25) is 0 Å². The van der Waals surface area contributed by atoms with E-state index in [-0.39, 0.29) is 5.82 Å². The largest absolute Gasteiger partial charge is 0.423 e. The number of fused-ring (bicyclic) bond motifs is 1. The van der Waals surface area contributed by atoms with Crippen molar-refractivity contribution in [1.82, 2.24) is 9.71 Å². The molecule has 0 aliphatic rings. The lowest BCUT2D eigenvalue weighted by Crippen LogP contribution is -2.25. The lowest BCUT2D eigenvalue weighted by Gasteiger charge is -2.24. The lowest BCUT2D eigenvalue weighted by atomic mass is 10.1. The maximum atomic E-state index is 12.4. The van der Waals surface area contributed by atoms with Crippen LogP contribution in [0.25, 0.3) is 22.3 Å². The third-order valence-electron chi connectivity index (χ3n) is 4.00. The molecule has 5 nitrogen and oxygen atoms in total. The van der Waals surface area contributed by atoms with E-state index in [9.17, 15) is 10.0 Å². The molecule has 3 aromatic rings. The summed E-state index contributed by atoms with van der Waals surface area (Å²) in [6.45, 7) is 5.80. The number of nitrogens with zero attached hydrogens (tertiary/aromatic N) is 3. The number of para-hydroxylation sites is 2. The first-order valence-electron chi connectivity index (χ1n) is 7.72. The minimum absolute atomic E-state index is 0.260. The molecule has 0 amide bonds. The van der Waals surface area contributed by atoms with Gasteiger partial charge in [-0.3, -0.25) is 4.79 Å². The zero-order valence-corrected chi connectivity index (χ0v) is 13.2. The van der Waals surface area contributed by atoms with Crippen molar-refractivity contribution in [3.05, 3.63) is 58.9 Å². The fraction of sp³-hybridized carbons (Fsp3) is 0.222. The first kappa shape index (κ1) is 15.1. The highest BCUT2D eigenvalue weighted by atomic mass is 16.5. The van der Waals surface area contributed by atoms with Crippen LogP contribution in [0, 0.1) is 0 Å². The van der Waals surface area contributed by atoms with Gasteiger partial charge in [-0.25, -0.2) is 4.98 Å². The molecule has 2 aromatic carbocycles. The number of anilines is 1. The van der Waals surface area contributed by atoms with E-state index in [0.29, 0.717) is 15.6 Å². The van der Waals surface area contributed by atoms with Crippen LogP contribution in [0.2, 0.25) is 0 Å². The van der Waals surface area contributed by atoms with Gasteiger partial charge < -0.3 is 10.1 Å². The van der Waals surface area contributed by atoms with E-state index in [0.717, 1.165) is 24.3 Å². The highest BCUT2D eigenvalue weighted by Gasteiger charge is 2.16. The van der Waals surface area contributed by atoms with Crippen LogP contribution < -0.4 is 10.5 Å². The molecule has 0 aliphatic carbocycles. The van der Waals surface area contributed by atoms with Gasteiger partial charge in [0.1, 0.15) is 0 Å². The number of benzene rings is 2. The molecule has 0 radical (unpaired) electrons. The Morgan fingerprint density at radius 1 is 1.04 bits per heavy atom. The van der Waals surface area contributed by atoms with E-state index in [2.05, 4.69) is 23.7 Å². The van der Waals surface area contributed by atoms with Crippen molar-refractivity contribution in [2.75, 3.05) is 18.0 Å². The molecular formula is C18H19N3O2. The topological polar surface area (TPSA) is 58.4 Å². The first-order chi connectivity index (χ1) is 11.2. The monoisotopic (exact) mass is 309 g/mol. The molecule has 0 saturated heterocycles. The Morgan fingerprint density at radius 3 is 2.43 bits per heavy atom. The van der Waals surface area contributed by atoms with Crippen molar-refractivity contribution in [2.24, 2.45) is 0 Å². The fourth-order valence-electron chi connectivity index (χ4n) is 2.80.